The van der Waals surface area contributed by atoms with Crippen LogP contribution in [0.2, 0.25) is 0 Å². The number of fused-ring (bicyclic) bond motifs is 7. The minimum absolute atomic E-state index is 0.856. The predicted octanol–water partition coefficient (Wildman–Crippen LogP) is 12.8. The Balaban J connectivity index is 1.26. The van der Waals surface area contributed by atoms with E-state index in [-0.39, 0.29) is 0 Å². The van der Waals surface area contributed by atoms with Gasteiger partial charge in [-0.25, -0.2) is 0 Å². The van der Waals surface area contributed by atoms with Gasteiger partial charge in [0.05, 0.1) is 0 Å². The van der Waals surface area contributed by atoms with Crippen LogP contribution in [0, 0.1) is 0 Å². The average molecular weight is 587 g/mol. The van der Waals surface area contributed by atoms with Crippen LogP contribution in [0.1, 0.15) is 0 Å². The molecule has 0 fully saturated rings. The summed E-state index contributed by atoms with van der Waals surface area (Å²) in [6, 6.07) is 56.0. The summed E-state index contributed by atoms with van der Waals surface area (Å²) in [5.41, 5.74) is 8.46. The molecule has 0 aliphatic heterocycles. The van der Waals surface area contributed by atoms with Crippen LogP contribution in [-0.2, 0) is 0 Å². The largest absolute Gasteiger partial charge is 0.456 e. The molecular weight excluding hydrogens is 560 g/mol. The summed E-state index contributed by atoms with van der Waals surface area (Å²) in [6.45, 7) is 0. The molecule has 10 aromatic rings. The number of hydrogen-bond donors (Lipinski definition) is 0. The Morgan fingerprint density at radius 3 is 1.63 bits per heavy atom. The Bertz CT molecular complexity index is 2740. The van der Waals surface area contributed by atoms with Gasteiger partial charge in [0, 0.05) is 32.8 Å². The van der Waals surface area contributed by atoms with Gasteiger partial charge < -0.3 is 8.83 Å². The van der Waals surface area contributed by atoms with Crippen LogP contribution in [0.25, 0.3) is 98.8 Å². The molecule has 2 heterocycles. The second-order valence-electron chi connectivity index (χ2n) is 12.0. The van der Waals surface area contributed by atoms with Crippen molar-refractivity contribution in [3.63, 3.8) is 0 Å². The van der Waals surface area contributed by atoms with E-state index in [9.17, 15) is 0 Å². The summed E-state index contributed by atoms with van der Waals surface area (Å²) in [7, 11) is 0. The van der Waals surface area contributed by atoms with E-state index >= 15 is 0 Å². The fourth-order valence-corrected chi connectivity index (χ4v) is 7.42. The maximum absolute atomic E-state index is 6.79. The van der Waals surface area contributed by atoms with Gasteiger partial charge >= 0.3 is 0 Å². The van der Waals surface area contributed by atoms with Crippen LogP contribution in [0.3, 0.4) is 0 Å². The van der Waals surface area contributed by atoms with Gasteiger partial charge in [-0.2, -0.15) is 0 Å². The number of benzene rings is 8. The molecule has 0 N–H and O–H groups in total. The number of para-hydroxylation sites is 1. The molecule has 0 saturated heterocycles. The fraction of sp³-hybridized carbons (Fsp3) is 0. The van der Waals surface area contributed by atoms with Gasteiger partial charge in [0.25, 0.3) is 0 Å². The standard InChI is InChI=1S/C44H26O2/c1-2-13-28(14-3-1)39-24-29-25-41-38(26-40(29)45-39)36-22-11-23-37(44(36)46-41)43-34-19-8-6-17-32(34)42(33-18-7-9-20-35(33)43)31-21-10-15-27-12-4-5-16-30(27)31/h1-26H. The fourth-order valence-electron chi connectivity index (χ4n) is 7.42. The molecule has 46 heavy (non-hydrogen) atoms. The van der Waals surface area contributed by atoms with E-state index in [0.717, 1.165) is 49.8 Å². The molecule has 2 aromatic heterocycles. The summed E-state index contributed by atoms with van der Waals surface area (Å²) in [5.74, 6) is 0.859. The van der Waals surface area contributed by atoms with Crippen molar-refractivity contribution in [1.82, 2.24) is 0 Å². The molecule has 0 aliphatic carbocycles. The van der Waals surface area contributed by atoms with E-state index in [1.54, 1.807) is 0 Å². The molecule has 0 radical (unpaired) electrons. The van der Waals surface area contributed by atoms with Crippen LogP contribution in [-0.4, -0.2) is 0 Å². The molecule has 2 heteroatoms. The van der Waals surface area contributed by atoms with Crippen molar-refractivity contribution in [3.05, 3.63) is 158 Å². The highest BCUT2D eigenvalue weighted by Gasteiger charge is 2.21. The van der Waals surface area contributed by atoms with Crippen LogP contribution < -0.4 is 0 Å². The third-order valence-electron chi connectivity index (χ3n) is 9.45. The van der Waals surface area contributed by atoms with Crippen LogP contribution >= 0.6 is 0 Å². The molecule has 0 aliphatic rings. The molecule has 0 bridgehead atoms. The molecule has 10 rings (SSSR count). The summed E-state index contributed by atoms with van der Waals surface area (Å²) < 4.78 is 13.1. The Hall–Kier alpha value is -6.12. The lowest BCUT2D eigenvalue weighted by molar-refractivity contribution is 0.631. The van der Waals surface area contributed by atoms with Crippen molar-refractivity contribution in [1.29, 1.82) is 0 Å². The van der Waals surface area contributed by atoms with E-state index in [1.165, 1.54) is 49.0 Å². The molecule has 0 amide bonds. The zero-order chi connectivity index (χ0) is 30.2. The molecule has 214 valence electrons. The third kappa shape index (κ3) is 3.65. The van der Waals surface area contributed by atoms with E-state index in [0.29, 0.717) is 0 Å². The third-order valence-corrected chi connectivity index (χ3v) is 9.45. The lowest BCUT2D eigenvalue weighted by atomic mass is 9.84. The first-order valence-electron chi connectivity index (χ1n) is 15.7. The van der Waals surface area contributed by atoms with E-state index in [2.05, 4.69) is 140 Å². The first-order valence-corrected chi connectivity index (χ1v) is 15.7. The Morgan fingerprint density at radius 2 is 0.891 bits per heavy atom. The first kappa shape index (κ1) is 25.2. The van der Waals surface area contributed by atoms with Gasteiger partial charge in [0.15, 0.2) is 0 Å². The second-order valence-corrected chi connectivity index (χ2v) is 12.0. The van der Waals surface area contributed by atoms with Crippen molar-refractivity contribution < 1.29 is 8.83 Å². The summed E-state index contributed by atoms with van der Waals surface area (Å²) in [5, 5.41) is 10.5. The van der Waals surface area contributed by atoms with E-state index in [1.807, 2.05) is 18.2 Å². The van der Waals surface area contributed by atoms with Crippen molar-refractivity contribution in [2.24, 2.45) is 0 Å². The Labute approximate surface area is 264 Å². The molecule has 0 atom stereocenters. The first-order chi connectivity index (χ1) is 22.8. The predicted molar refractivity (Wildman–Crippen MR) is 192 cm³/mol. The SMILES string of the molecule is c1ccc(-c2cc3cc4oc5c(-c6c7ccccc7c(-c7cccc8ccccc78)c7ccccc67)cccc5c4cc3o2)cc1. The van der Waals surface area contributed by atoms with E-state index < -0.39 is 0 Å². The topological polar surface area (TPSA) is 26.3 Å². The van der Waals surface area contributed by atoms with Gasteiger partial charge in [-0.1, -0.05) is 140 Å². The van der Waals surface area contributed by atoms with Crippen molar-refractivity contribution in [3.8, 4) is 33.6 Å². The lowest BCUT2D eigenvalue weighted by Crippen LogP contribution is -1.91. The normalized spacial score (nSPS) is 11.9. The second kappa shape index (κ2) is 9.69. The summed E-state index contributed by atoms with van der Waals surface area (Å²) in [4.78, 5) is 0. The average Bonchev–Trinajstić information content (AvgIpc) is 3.70. The van der Waals surface area contributed by atoms with Crippen molar-refractivity contribution >= 4 is 65.2 Å². The van der Waals surface area contributed by atoms with Crippen LogP contribution in [0.4, 0.5) is 0 Å². The van der Waals surface area contributed by atoms with Crippen LogP contribution in [0.15, 0.2) is 167 Å². The quantitative estimate of drug-likeness (QED) is 0.193. The van der Waals surface area contributed by atoms with Gasteiger partial charge in [-0.3, -0.25) is 0 Å². The number of hydrogen-bond acceptors (Lipinski definition) is 2. The molecule has 0 spiro atoms. The highest BCUT2D eigenvalue weighted by molar-refractivity contribution is 6.26. The highest BCUT2D eigenvalue weighted by Crippen LogP contribution is 2.47. The molecule has 8 aromatic carbocycles. The zero-order valence-corrected chi connectivity index (χ0v) is 24.8. The smallest absolute Gasteiger partial charge is 0.143 e. The van der Waals surface area contributed by atoms with Gasteiger partial charge in [-0.05, 0) is 61.6 Å². The maximum Gasteiger partial charge on any atom is 0.143 e. The molecule has 0 unspecified atom stereocenters. The summed E-state index contributed by atoms with van der Waals surface area (Å²) in [6.07, 6.45) is 0. The Morgan fingerprint density at radius 1 is 0.326 bits per heavy atom. The van der Waals surface area contributed by atoms with Gasteiger partial charge in [-0.15, -0.1) is 0 Å². The van der Waals surface area contributed by atoms with Crippen molar-refractivity contribution in [2.75, 3.05) is 0 Å². The number of furan rings is 2. The van der Waals surface area contributed by atoms with Gasteiger partial charge in [0.2, 0.25) is 0 Å². The minimum atomic E-state index is 0.856. The Kier molecular flexibility index (Phi) is 5.31. The lowest BCUT2D eigenvalue weighted by Gasteiger charge is -2.18. The van der Waals surface area contributed by atoms with Gasteiger partial charge in [0.1, 0.15) is 22.5 Å². The maximum atomic E-state index is 6.79. The molecular formula is C44H26O2. The van der Waals surface area contributed by atoms with E-state index in [4.69, 9.17) is 8.83 Å². The number of rotatable bonds is 3. The van der Waals surface area contributed by atoms with Crippen LogP contribution in [0.5, 0.6) is 0 Å². The zero-order valence-electron chi connectivity index (χ0n) is 24.8. The summed E-state index contributed by atoms with van der Waals surface area (Å²) >= 11 is 0. The molecule has 0 saturated carbocycles. The van der Waals surface area contributed by atoms with Crippen molar-refractivity contribution in [2.45, 2.75) is 0 Å². The monoisotopic (exact) mass is 586 g/mol. The minimum Gasteiger partial charge on any atom is -0.456 e. The molecule has 2 nitrogen and oxygen atoms in total. The highest BCUT2D eigenvalue weighted by atomic mass is 16.3.